The zero-order chi connectivity index (χ0) is 13.1. The van der Waals surface area contributed by atoms with Crippen LogP contribution in [0.15, 0.2) is 4.52 Å². The van der Waals surface area contributed by atoms with Gasteiger partial charge in [0.1, 0.15) is 0 Å². The predicted molar refractivity (Wildman–Crippen MR) is 73.6 cm³/mol. The molecule has 4 heteroatoms. The van der Waals surface area contributed by atoms with E-state index in [1.165, 1.54) is 44.9 Å². The number of hydrogen-bond donors (Lipinski definition) is 1. The van der Waals surface area contributed by atoms with Gasteiger partial charge in [0.15, 0.2) is 5.82 Å². The van der Waals surface area contributed by atoms with Crippen molar-refractivity contribution in [2.24, 2.45) is 0 Å². The first-order chi connectivity index (χ1) is 8.83. The molecule has 4 nitrogen and oxygen atoms in total. The van der Waals surface area contributed by atoms with Crippen LogP contribution in [-0.2, 0) is 6.42 Å². The smallest absolute Gasteiger partial charge is 0.227 e. The quantitative estimate of drug-likeness (QED) is 0.615. The third kappa shape index (κ3) is 7.43. The fourth-order valence-electron chi connectivity index (χ4n) is 1.97. The van der Waals surface area contributed by atoms with E-state index in [9.17, 15) is 0 Å². The number of aromatic nitrogens is 2. The Labute approximate surface area is 111 Å². The van der Waals surface area contributed by atoms with Crippen molar-refractivity contribution in [1.29, 1.82) is 0 Å². The van der Waals surface area contributed by atoms with Crippen LogP contribution in [0.25, 0.3) is 0 Å². The average molecular weight is 253 g/mol. The highest BCUT2D eigenvalue weighted by atomic mass is 16.5. The lowest BCUT2D eigenvalue weighted by Gasteiger charge is -2.03. The highest BCUT2D eigenvalue weighted by Gasteiger charge is 2.00. The Morgan fingerprint density at radius 2 is 1.72 bits per heavy atom. The average Bonchev–Trinajstić information content (AvgIpc) is 2.77. The van der Waals surface area contributed by atoms with E-state index in [1.54, 1.807) is 0 Å². The molecular weight excluding hydrogens is 226 g/mol. The van der Waals surface area contributed by atoms with Gasteiger partial charge in [-0.05, 0) is 19.9 Å². The van der Waals surface area contributed by atoms with Gasteiger partial charge in [0, 0.05) is 13.0 Å². The minimum absolute atomic E-state index is 0.720. The minimum atomic E-state index is 0.720. The lowest BCUT2D eigenvalue weighted by molar-refractivity contribution is 0.372. The van der Waals surface area contributed by atoms with Gasteiger partial charge in [-0.2, -0.15) is 4.98 Å². The standard InChI is InChI=1S/C14H27N3O/c1-3-4-5-6-7-8-9-11-15-12-10-14-16-13(2)17-18-14/h15H,3-12H2,1-2H3. The second-order valence-corrected chi connectivity index (χ2v) is 4.86. The van der Waals surface area contributed by atoms with E-state index in [-0.39, 0.29) is 0 Å². The summed E-state index contributed by atoms with van der Waals surface area (Å²) in [4.78, 5) is 4.17. The third-order valence-electron chi connectivity index (χ3n) is 3.04. The summed E-state index contributed by atoms with van der Waals surface area (Å²) in [5, 5.41) is 7.18. The second kappa shape index (κ2) is 10.1. The zero-order valence-corrected chi connectivity index (χ0v) is 11.9. The molecule has 1 aromatic heterocycles. The zero-order valence-electron chi connectivity index (χ0n) is 11.9. The van der Waals surface area contributed by atoms with E-state index in [0.29, 0.717) is 0 Å². The summed E-state index contributed by atoms with van der Waals surface area (Å²) in [5.41, 5.74) is 0. The van der Waals surface area contributed by atoms with Gasteiger partial charge in [0.2, 0.25) is 5.89 Å². The summed E-state index contributed by atoms with van der Waals surface area (Å²) in [6, 6.07) is 0. The first kappa shape index (κ1) is 15.2. The van der Waals surface area contributed by atoms with Crippen LogP contribution < -0.4 is 5.32 Å². The number of nitrogens with one attached hydrogen (secondary N) is 1. The van der Waals surface area contributed by atoms with Crippen LogP contribution in [0.1, 0.15) is 63.6 Å². The Bertz CT molecular complexity index is 299. The summed E-state index contributed by atoms with van der Waals surface area (Å²) < 4.78 is 5.05. The molecule has 0 aromatic carbocycles. The van der Waals surface area contributed by atoms with Crippen LogP contribution >= 0.6 is 0 Å². The molecule has 0 aliphatic rings. The van der Waals surface area contributed by atoms with Crippen molar-refractivity contribution in [1.82, 2.24) is 15.5 Å². The van der Waals surface area contributed by atoms with Crippen LogP contribution in [0.3, 0.4) is 0 Å². The SMILES string of the molecule is CCCCCCCCCNCCc1nc(C)no1. The van der Waals surface area contributed by atoms with E-state index < -0.39 is 0 Å². The minimum Gasteiger partial charge on any atom is -0.339 e. The summed E-state index contributed by atoms with van der Waals surface area (Å²) in [6.07, 6.45) is 10.3. The lowest BCUT2D eigenvalue weighted by Crippen LogP contribution is -2.18. The van der Waals surface area contributed by atoms with Crippen molar-refractivity contribution >= 4 is 0 Å². The Morgan fingerprint density at radius 1 is 1.00 bits per heavy atom. The first-order valence-electron chi connectivity index (χ1n) is 7.33. The molecule has 0 aliphatic carbocycles. The van der Waals surface area contributed by atoms with Crippen LogP contribution in [0, 0.1) is 6.92 Å². The molecule has 1 aromatic rings. The maximum Gasteiger partial charge on any atom is 0.227 e. The molecule has 0 atom stereocenters. The number of unbranched alkanes of at least 4 members (excludes halogenated alkanes) is 6. The van der Waals surface area contributed by atoms with Crippen molar-refractivity contribution in [3.63, 3.8) is 0 Å². The molecule has 1 N–H and O–H groups in total. The largest absolute Gasteiger partial charge is 0.339 e. The molecule has 0 saturated carbocycles. The highest BCUT2D eigenvalue weighted by molar-refractivity contribution is 4.83. The van der Waals surface area contributed by atoms with Gasteiger partial charge in [0.25, 0.3) is 0 Å². The maximum atomic E-state index is 5.05. The molecule has 18 heavy (non-hydrogen) atoms. The van der Waals surface area contributed by atoms with Crippen molar-refractivity contribution < 1.29 is 4.52 Å². The highest BCUT2D eigenvalue weighted by Crippen LogP contribution is 2.06. The molecule has 0 unspecified atom stereocenters. The summed E-state index contributed by atoms with van der Waals surface area (Å²) in [5.74, 6) is 1.46. The van der Waals surface area contributed by atoms with Gasteiger partial charge >= 0.3 is 0 Å². The molecule has 104 valence electrons. The fourth-order valence-corrected chi connectivity index (χ4v) is 1.97. The number of hydrogen-bond acceptors (Lipinski definition) is 4. The first-order valence-corrected chi connectivity index (χ1v) is 7.33. The normalized spacial score (nSPS) is 11.0. The van der Waals surface area contributed by atoms with Gasteiger partial charge in [-0.3, -0.25) is 0 Å². The monoisotopic (exact) mass is 253 g/mol. The van der Waals surface area contributed by atoms with E-state index in [0.717, 1.165) is 31.2 Å². The van der Waals surface area contributed by atoms with Crippen molar-refractivity contribution in [3.8, 4) is 0 Å². The van der Waals surface area contributed by atoms with E-state index in [2.05, 4.69) is 22.4 Å². The third-order valence-corrected chi connectivity index (χ3v) is 3.04. The number of rotatable bonds is 11. The lowest BCUT2D eigenvalue weighted by atomic mass is 10.1. The van der Waals surface area contributed by atoms with Gasteiger partial charge in [-0.15, -0.1) is 0 Å². The van der Waals surface area contributed by atoms with Crippen LogP contribution in [-0.4, -0.2) is 23.2 Å². The van der Waals surface area contributed by atoms with Crippen molar-refractivity contribution in [2.75, 3.05) is 13.1 Å². The van der Waals surface area contributed by atoms with Gasteiger partial charge in [0.05, 0.1) is 0 Å². The number of aryl methyl sites for hydroxylation is 1. The molecular formula is C14H27N3O. The molecule has 0 spiro atoms. The summed E-state index contributed by atoms with van der Waals surface area (Å²) in [6.45, 7) is 6.13. The molecule has 0 aliphatic heterocycles. The molecule has 1 heterocycles. The Morgan fingerprint density at radius 3 is 2.39 bits per heavy atom. The summed E-state index contributed by atoms with van der Waals surface area (Å²) >= 11 is 0. The Kier molecular flexibility index (Phi) is 8.47. The Balaban J connectivity index is 1.81. The van der Waals surface area contributed by atoms with Crippen LogP contribution in [0.4, 0.5) is 0 Å². The second-order valence-electron chi connectivity index (χ2n) is 4.86. The Hall–Kier alpha value is -0.900. The van der Waals surface area contributed by atoms with Gasteiger partial charge < -0.3 is 9.84 Å². The van der Waals surface area contributed by atoms with Gasteiger partial charge in [-0.25, -0.2) is 0 Å². The fraction of sp³-hybridized carbons (Fsp3) is 0.857. The number of nitrogens with zero attached hydrogens (tertiary/aromatic N) is 2. The molecule has 0 fully saturated rings. The molecule has 0 amide bonds. The molecule has 0 radical (unpaired) electrons. The van der Waals surface area contributed by atoms with E-state index >= 15 is 0 Å². The predicted octanol–water partition coefficient (Wildman–Crippen LogP) is 3.26. The van der Waals surface area contributed by atoms with Crippen molar-refractivity contribution in [2.45, 2.75) is 65.2 Å². The topological polar surface area (TPSA) is 51.0 Å². The molecule has 0 saturated heterocycles. The van der Waals surface area contributed by atoms with Gasteiger partial charge in [-0.1, -0.05) is 50.6 Å². The van der Waals surface area contributed by atoms with E-state index in [4.69, 9.17) is 4.52 Å². The van der Waals surface area contributed by atoms with Crippen LogP contribution in [0.2, 0.25) is 0 Å². The van der Waals surface area contributed by atoms with Crippen LogP contribution in [0.5, 0.6) is 0 Å². The molecule has 1 rings (SSSR count). The van der Waals surface area contributed by atoms with Crippen molar-refractivity contribution in [3.05, 3.63) is 11.7 Å². The van der Waals surface area contributed by atoms with E-state index in [1.807, 2.05) is 6.92 Å². The molecule has 0 bridgehead atoms. The summed E-state index contributed by atoms with van der Waals surface area (Å²) in [7, 11) is 0. The maximum absolute atomic E-state index is 5.05.